The molecule has 164 valence electrons. The first kappa shape index (κ1) is 22.1. The van der Waals surface area contributed by atoms with Gasteiger partial charge in [0, 0.05) is 11.6 Å². The van der Waals surface area contributed by atoms with Crippen LogP contribution in [0.5, 0.6) is 17.2 Å². The van der Waals surface area contributed by atoms with Gasteiger partial charge in [-0.25, -0.2) is 8.78 Å². The molecule has 9 heteroatoms. The van der Waals surface area contributed by atoms with Crippen LogP contribution < -0.4 is 19.5 Å². The average Bonchev–Trinajstić information content (AvgIpc) is 3.18. The van der Waals surface area contributed by atoms with E-state index in [1.54, 1.807) is 0 Å². The van der Waals surface area contributed by atoms with Crippen molar-refractivity contribution < 1.29 is 27.8 Å². The van der Waals surface area contributed by atoms with Crippen molar-refractivity contribution in [2.45, 2.75) is 20.8 Å². The molecule has 31 heavy (non-hydrogen) atoms. The van der Waals surface area contributed by atoms with E-state index in [4.69, 9.17) is 14.2 Å². The zero-order valence-corrected chi connectivity index (χ0v) is 17.4. The predicted molar refractivity (Wildman–Crippen MR) is 112 cm³/mol. The Hall–Kier alpha value is -3.62. The number of anilines is 1. The Labute approximate surface area is 178 Å². The number of hydrogen-bond donors (Lipinski definition) is 2. The summed E-state index contributed by atoms with van der Waals surface area (Å²) < 4.78 is 44.8. The van der Waals surface area contributed by atoms with Crippen LogP contribution in [0.3, 0.4) is 0 Å². The normalized spacial score (nSPS) is 10.6. The van der Waals surface area contributed by atoms with Crippen LogP contribution in [0.2, 0.25) is 0 Å². The SMILES string of the molecule is CCOc1cc(C(=O)Nc2cc(-c3c(F)cccc3F)[nH]n2)cc(OCC)c1OCC. The lowest BCUT2D eigenvalue weighted by atomic mass is 10.1. The smallest absolute Gasteiger partial charge is 0.257 e. The van der Waals surface area contributed by atoms with E-state index in [0.29, 0.717) is 37.1 Å². The first-order valence-electron chi connectivity index (χ1n) is 9.86. The van der Waals surface area contributed by atoms with Crippen molar-refractivity contribution in [2.75, 3.05) is 25.1 Å². The zero-order valence-electron chi connectivity index (χ0n) is 17.4. The van der Waals surface area contributed by atoms with Crippen molar-refractivity contribution in [3.63, 3.8) is 0 Å². The molecule has 0 aliphatic carbocycles. The Morgan fingerprint density at radius 2 is 1.55 bits per heavy atom. The number of aromatic nitrogens is 2. The second kappa shape index (κ2) is 9.92. The highest BCUT2D eigenvalue weighted by Gasteiger charge is 2.20. The molecule has 0 aliphatic rings. The molecule has 0 radical (unpaired) electrons. The first-order chi connectivity index (χ1) is 15.0. The summed E-state index contributed by atoms with van der Waals surface area (Å²) in [6, 6.07) is 7.97. The van der Waals surface area contributed by atoms with Crippen LogP contribution in [-0.2, 0) is 0 Å². The Kier molecular flexibility index (Phi) is 7.07. The number of ether oxygens (including phenoxy) is 3. The number of rotatable bonds is 9. The fourth-order valence-corrected chi connectivity index (χ4v) is 2.98. The molecule has 0 fully saturated rings. The summed E-state index contributed by atoms with van der Waals surface area (Å²) in [6.45, 7) is 6.60. The summed E-state index contributed by atoms with van der Waals surface area (Å²) in [5, 5.41) is 9.06. The lowest BCUT2D eigenvalue weighted by molar-refractivity contribution is 0.102. The quantitative estimate of drug-likeness (QED) is 0.508. The Balaban J connectivity index is 1.89. The van der Waals surface area contributed by atoms with Crippen LogP contribution in [-0.4, -0.2) is 35.9 Å². The summed E-state index contributed by atoms with van der Waals surface area (Å²) in [6.07, 6.45) is 0. The molecule has 3 aromatic rings. The number of aromatic amines is 1. The van der Waals surface area contributed by atoms with Gasteiger partial charge in [-0.2, -0.15) is 5.10 Å². The number of nitrogens with zero attached hydrogens (tertiary/aromatic N) is 1. The van der Waals surface area contributed by atoms with E-state index in [0.717, 1.165) is 12.1 Å². The summed E-state index contributed by atoms with van der Waals surface area (Å²) in [7, 11) is 0. The van der Waals surface area contributed by atoms with Crippen LogP contribution in [0.25, 0.3) is 11.3 Å². The second-order valence-electron chi connectivity index (χ2n) is 6.32. The van der Waals surface area contributed by atoms with Crippen molar-refractivity contribution in [2.24, 2.45) is 0 Å². The van der Waals surface area contributed by atoms with Crippen molar-refractivity contribution in [1.29, 1.82) is 0 Å². The van der Waals surface area contributed by atoms with Crippen LogP contribution in [0.1, 0.15) is 31.1 Å². The molecule has 3 rings (SSSR count). The highest BCUT2D eigenvalue weighted by atomic mass is 19.1. The Bertz CT molecular complexity index is 1020. The van der Waals surface area contributed by atoms with E-state index < -0.39 is 17.5 Å². The van der Waals surface area contributed by atoms with E-state index in [1.807, 2.05) is 20.8 Å². The number of carbonyl (C=O) groups is 1. The standard InChI is InChI=1S/C22H23F2N3O4/c1-4-29-17-10-13(11-18(30-5-2)21(17)31-6-3)22(28)25-19-12-16(26-27-19)20-14(23)8-7-9-15(20)24/h7-12H,4-6H2,1-3H3,(H2,25,26,27,28). The third-order valence-corrected chi connectivity index (χ3v) is 4.22. The molecule has 0 saturated carbocycles. The van der Waals surface area contributed by atoms with E-state index in [9.17, 15) is 13.6 Å². The molecule has 0 atom stereocenters. The molecule has 1 heterocycles. The predicted octanol–water partition coefficient (Wildman–Crippen LogP) is 4.80. The molecule has 0 spiro atoms. The molecule has 0 saturated heterocycles. The van der Waals surface area contributed by atoms with E-state index >= 15 is 0 Å². The summed E-state index contributed by atoms with van der Waals surface area (Å²) >= 11 is 0. The van der Waals surface area contributed by atoms with Crippen LogP contribution in [0.4, 0.5) is 14.6 Å². The van der Waals surface area contributed by atoms with Crippen LogP contribution in [0.15, 0.2) is 36.4 Å². The highest BCUT2D eigenvalue weighted by molar-refractivity contribution is 6.04. The largest absolute Gasteiger partial charge is 0.490 e. The van der Waals surface area contributed by atoms with Gasteiger partial charge in [-0.15, -0.1) is 0 Å². The van der Waals surface area contributed by atoms with E-state index in [-0.39, 0.29) is 22.6 Å². The molecule has 7 nitrogen and oxygen atoms in total. The fraction of sp³-hybridized carbons (Fsp3) is 0.273. The maximum Gasteiger partial charge on any atom is 0.257 e. The molecule has 2 aromatic carbocycles. The molecule has 1 aromatic heterocycles. The van der Waals surface area contributed by atoms with E-state index in [1.165, 1.54) is 24.3 Å². The summed E-state index contributed by atoms with van der Waals surface area (Å²) in [5.74, 6) is -0.719. The van der Waals surface area contributed by atoms with Gasteiger partial charge in [0.15, 0.2) is 17.3 Å². The van der Waals surface area contributed by atoms with Gasteiger partial charge >= 0.3 is 0 Å². The van der Waals surface area contributed by atoms with Gasteiger partial charge in [-0.1, -0.05) is 6.07 Å². The molecule has 0 unspecified atom stereocenters. The minimum atomic E-state index is -0.740. The van der Waals surface area contributed by atoms with Crippen molar-refractivity contribution >= 4 is 11.7 Å². The molecule has 2 N–H and O–H groups in total. The molecule has 0 aliphatic heterocycles. The number of halogens is 2. The van der Waals surface area contributed by atoms with Gasteiger partial charge in [0.1, 0.15) is 11.6 Å². The van der Waals surface area contributed by atoms with Gasteiger partial charge in [0.05, 0.1) is 31.1 Å². The van der Waals surface area contributed by atoms with Crippen LogP contribution >= 0.6 is 0 Å². The average molecular weight is 431 g/mol. The number of benzene rings is 2. The lowest BCUT2D eigenvalue weighted by Gasteiger charge is -2.16. The lowest BCUT2D eigenvalue weighted by Crippen LogP contribution is -2.13. The van der Waals surface area contributed by atoms with Gasteiger partial charge in [0.25, 0.3) is 5.91 Å². The van der Waals surface area contributed by atoms with Crippen LogP contribution in [0, 0.1) is 11.6 Å². The van der Waals surface area contributed by atoms with Gasteiger partial charge < -0.3 is 19.5 Å². The molecule has 0 bridgehead atoms. The number of carbonyl (C=O) groups excluding carboxylic acids is 1. The molecular weight excluding hydrogens is 408 g/mol. The topological polar surface area (TPSA) is 85.5 Å². The number of nitrogens with one attached hydrogen (secondary N) is 2. The Morgan fingerprint density at radius 1 is 0.968 bits per heavy atom. The van der Waals surface area contributed by atoms with Crippen molar-refractivity contribution in [3.05, 3.63) is 53.6 Å². The van der Waals surface area contributed by atoms with Gasteiger partial charge in [0.2, 0.25) is 5.75 Å². The number of hydrogen-bond acceptors (Lipinski definition) is 5. The highest BCUT2D eigenvalue weighted by Crippen LogP contribution is 2.39. The monoisotopic (exact) mass is 431 g/mol. The third kappa shape index (κ3) is 4.93. The van der Waals surface area contributed by atoms with Crippen molar-refractivity contribution in [1.82, 2.24) is 10.2 Å². The number of H-pyrrole nitrogens is 1. The number of amides is 1. The van der Waals surface area contributed by atoms with Crippen molar-refractivity contribution in [3.8, 4) is 28.5 Å². The van der Waals surface area contributed by atoms with Gasteiger partial charge in [-0.3, -0.25) is 9.89 Å². The second-order valence-corrected chi connectivity index (χ2v) is 6.32. The van der Waals surface area contributed by atoms with E-state index in [2.05, 4.69) is 15.5 Å². The third-order valence-electron chi connectivity index (χ3n) is 4.22. The maximum absolute atomic E-state index is 14.0. The fourth-order valence-electron chi connectivity index (χ4n) is 2.98. The minimum absolute atomic E-state index is 0.0996. The minimum Gasteiger partial charge on any atom is -0.490 e. The molecular formula is C22H23F2N3O4. The Morgan fingerprint density at radius 3 is 2.10 bits per heavy atom. The first-order valence-corrected chi connectivity index (χ1v) is 9.86. The zero-order chi connectivity index (χ0) is 22.4. The summed E-state index contributed by atoms with van der Waals surface area (Å²) in [4.78, 5) is 12.8. The molecule has 1 amide bonds. The summed E-state index contributed by atoms with van der Waals surface area (Å²) in [5.41, 5.74) is 0.0911. The van der Waals surface area contributed by atoms with Gasteiger partial charge in [-0.05, 0) is 45.0 Å². The maximum atomic E-state index is 14.0.